The first-order chi connectivity index (χ1) is 14.5. The number of halogens is 2. The monoisotopic (exact) mass is 431 g/mol. The van der Waals surface area contributed by atoms with E-state index in [0.717, 1.165) is 5.56 Å². The highest BCUT2D eigenvalue weighted by atomic mass is 35.5. The third kappa shape index (κ3) is 6.18. The van der Waals surface area contributed by atoms with E-state index in [2.05, 4.69) is 25.8 Å². The molecular weight excluding hydrogens is 409 g/mol. The number of nitrogens with zero attached hydrogens (tertiary/aromatic N) is 3. The van der Waals surface area contributed by atoms with Crippen molar-refractivity contribution in [2.45, 2.75) is 19.4 Å². The van der Waals surface area contributed by atoms with Gasteiger partial charge >= 0.3 is 0 Å². The first kappa shape index (κ1) is 21.6. The maximum atomic E-state index is 13.7. The first-order valence-electron chi connectivity index (χ1n) is 9.49. The van der Waals surface area contributed by atoms with Gasteiger partial charge in [-0.15, -0.1) is 0 Å². The molecule has 0 spiro atoms. The van der Waals surface area contributed by atoms with Crippen molar-refractivity contribution < 1.29 is 13.7 Å². The van der Waals surface area contributed by atoms with Crippen molar-refractivity contribution in [1.82, 2.24) is 20.8 Å². The molecule has 30 heavy (non-hydrogen) atoms. The van der Waals surface area contributed by atoms with E-state index >= 15 is 0 Å². The molecule has 2 aromatic carbocycles. The van der Waals surface area contributed by atoms with Crippen molar-refractivity contribution in [3.63, 3.8) is 0 Å². The van der Waals surface area contributed by atoms with Gasteiger partial charge in [0.1, 0.15) is 6.10 Å². The average molecular weight is 432 g/mol. The number of hydrogen-bond acceptors (Lipinski definition) is 5. The van der Waals surface area contributed by atoms with Crippen LogP contribution in [0, 0.1) is 5.82 Å². The second-order valence-corrected chi connectivity index (χ2v) is 6.95. The van der Waals surface area contributed by atoms with E-state index < -0.39 is 0 Å². The molecule has 0 saturated heterocycles. The van der Waals surface area contributed by atoms with E-state index in [9.17, 15) is 4.39 Å². The van der Waals surface area contributed by atoms with Gasteiger partial charge in [0.25, 0.3) is 0 Å². The van der Waals surface area contributed by atoms with Gasteiger partial charge in [-0.25, -0.2) is 4.39 Å². The molecule has 1 atom stereocenters. The quantitative estimate of drug-likeness (QED) is 0.418. The van der Waals surface area contributed by atoms with Crippen molar-refractivity contribution in [2.24, 2.45) is 4.99 Å². The maximum absolute atomic E-state index is 13.7. The summed E-state index contributed by atoms with van der Waals surface area (Å²) < 4.78 is 24.6. The average Bonchev–Trinajstić information content (AvgIpc) is 3.21. The lowest BCUT2D eigenvalue weighted by Gasteiger charge is -2.17. The molecule has 1 aromatic heterocycles. The summed E-state index contributed by atoms with van der Waals surface area (Å²) in [5.74, 6) is 1.43. The molecule has 0 aliphatic carbocycles. The lowest BCUT2D eigenvalue weighted by atomic mass is 10.2. The van der Waals surface area contributed by atoms with E-state index in [1.54, 1.807) is 37.4 Å². The Bertz CT molecular complexity index is 995. The van der Waals surface area contributed by atoms with Crippen LogP contribution in [-0.4, -0.2) is 42.3 Å². The molecule has 3 aromatic rings. The smallest absolute Gasteiger partial charge is 0.228 e. The SMILES string of the molecule is CN=C(NCCc1nc(-c2cccc(Cl)c2)no1)NCC(C)Oc1ccccc1F. The minimum Gasteiger partial charge on any atom is -0.486 e. The van der Waals surface area contributed by atoms with E-state index in [0.29, 0.717) is 42.2 Å². The summed E-state index contributed by atoms with van der Waals surface area (Å²) in [6.45, 7) is 2.84. The van der Waals surface area contributed by atoms with Gasteiger partial charge in [-0.05, 0) is 31.2 Å². The molecule has 1 unspecified atom stereocenters. The van der Waals surface area contributed by atoms with E-state index in [-0.39, 0.29) is 17.7 Å². The Morgan fingerprint density at radius 2 is 2.07 bits per heavy atom. The first-order valence-corrected chi connectivity index (χ1v) is 9.87. The molecular formula is C21H23ClFN5O2. The molecule has 158 valence electrons. The molecule has 0 bridgehead atoms. The number of benzene rings is 2. The summed E-state index contributed by atoms with van der Waals surface area (Å²) in [7, 11) is 1.67. The second kappa shape index (κ2) is 10.6. The number of hydrogen-bond donors (Lipinski definition) is 2. The number of aliphatic imine (C=N–C) groups is 1. The number of para-hydroxylation sites is 1. The minimum atomic E-state index is -0.386. The zero-order valence-electron chi connectivity index (χ0n) is 16.7. The Balaban J connectivity index is 1.43. The Labute approximate surface area is 179 Å². The molecule has 3 rings (SSSR count). The lowest BCUT2D eigenvalue weighted by Crippen LogP contribution is -2.42. The summed E-state index contributed by atoms with van der Waals surface area (Å²) in [5, 5.41) is 10.9. The number of nitrogens with one attached hydrogen (secondary N) is 2. The highest BCUT2D eigenvalue weighted by Gasteiger charge is 2.11. The van der Waals surface area contributed by atoms with Crippen LogP contribution in [0.3, 0.4) is 0 Å². The van der Waals surface area contributed by atoms with Crippen LogP contribution < -0.4 is 15.4 Å². The summed E-state index contributed by atoms with van der Waals surface area (Å²) in [5.41, 5.74) is 0.798. The van der Waals surface area contributed by atoms with Gasteiger partial charge in [0.15, 0.2) is 17.5 Å². The van der Waals surface area contributed by atoms with Crippen LogP contribution in [-0.2, 0) is 6.42 Å². The predicted octanol–water partition coefficient (Wildman–Crippen LogP) is 3.70. The molecule has 7 nitrogen and oxygen atoms in total. The van der Waals surface area contributed by atoms with Gasteiger partial charge in [0.2, 0.25) is 11.7 Å². The van der Waals surface area contributed by atoms with Gasteiger partial charge in [0, 0.05) is 30.6 Å². The lowest BCUT2D eigenvalue weighted by molar-refractivity contribution is 0.214. The second-order valence-electron chi connectivity index (χ2n) is 6.51. The van der Waals surface area contributed by atoms with Gasteiger partial charge in [-0.1, -0.05) is 41.0 Å². The van der Waals surface area contributed by atoms with Crippen molar-refractivity contribution >= 4 is 17.6 Å². The third-order valence-electron chi connectivity index (χ3n) is 4.13. The Hall–Kier alpha value is -3.13. The molecule has 9 heteroatoms. The van der Waals surface area contributed by atoms with Gasteiger partial charge in [-0.2, -0.15) is 4.98 Å². The standard InChI is InChI=1S/C21H23ClFN5O2/c1-14(29-18-9-4-3-8-17(18)23)13-26-21(24-2)25-11-10-19-27-20(28-30-19)15-6-5-7-16(22)12-15/h3-9,12,14H,10-11,13H2,1-2H3,(H2,24,25,26). The molecule has 0 amide bonds. The maximum Gasteiger partial charge on any atom is 0.228 e. The predicted molar refractivity (Wildman–Crippen MR) is 114 cm³/mol. The van der Waals surface area contributed by atoms with Crippen molar-refractivity contribution in [1.29, 1.82) is 0 Å². The molecule has 0 aliphatic heterocycles. The number of ether oxygens (including phenoxy) is 1. The number of aromatic nitrogens is 2. The van der Waals surface area contributed by atoms with Crippen LogP contribution in [0.4, 0.5) is 4.39 Å². The highest BCUT2D eigenvalue weighted by Crippen LogP contribution is 2.20. The van der Waals surface area contributed by atoms with Gasteiger partial charge < -0.3 is 19.9 Å². The van der Waals surface area contributed by atoms with E-state index in [4.69, 9.17) is 20.9 Å². The van der Waals surface area contributed by atoms with Crippen LogP contribution in [0.25, 0.3) is 11.4 Å². The number of rotatable bonds is 8. The summed E-state index contributed by atoms with van der Waals surface area (Å²) in [6.07, 6.45) is 0.270. The molecule has 0 saturated carbocycles. The van der Waals surface area contributed by atoms with Crippen LogP contribution in [0.5, 0.6) is 5.75 Å². The fraction of sp³-hybridized carbons (Fsp3) is 0.286. The highest BCUT2D eigenvalue weighted by molar-refractivity contribution is 6.30. The van der Waals surface area contributed by atoms with Crippen molar-refractivity contribution in [3.05, 3.63) is 65.3 Å². The summed E-state index contributed by atoms with van der Waals surface area (Å²) in [6, 6.07) is 13.6. The summed E-state index contributed by atoms with van der Waals surface area (Å²) >= 11 is 6.00. The molecule has 0 fully saturated rings. The third-order valence-corrected chi connectivity index (χ3v) is 4.36. The minimum absolute atomic E-state index is 0.224. The Morgan fingerprint density at radius 3 is 2.83 bits per heavy atom. The normalized spacial score (nSPS) is 12.5. The van der Waals surface area contributed by atoms with E-state index in [1.807, 2.05) is 19.1 Å². The zero-order valence-corrected chi connectivity index (χ0v) is 17.5. The molecule has 1 heterocycles. The van der Waals surface area contributed by atoms with Crippen molar-refractivity contribution in [3.8, 4) is 17.1 Å². The van der Waals surface area contributed by atoms with Gasteiger partial charge in [0.05, 0.1) is 6.54 Å². The zero-order chi connectivity index (χ0) is 21.3. The van der Waals surface area contributed by atoms with Crippen LogP contribution in [0.15, 0.2) is 58.0 Å². The summed E-state index contributed by atoms with van der Waals surface area (Å²) in [4.78, 5) is 8.54. The van der Waals surface area contributed by atoms with E-state index in [1.165, 1.54) is 6.07 Å². The molecule has 0 aliphatic rings. The van der Waals surface area contributed by atoms with Crippen molar-refractivity contribution in [2.75, 3.05) is 20.1 Å². The van der Waals surface area contributed by atoms with Gasteiger partial charge in [-0.3, -0.25) is 4.99 Å². The topological polar surface area (TPSA) is 84.6 Å². The molecule has 2 N–H and O–H groups in total. The Kier molecular flexibility index (Phi) is 7.62. The van der Waals surface area contributed by atoms with Crippen LogP contribution in [0.2, 0.25) is 5.02 Å². The largest absolute Gasteiger partial charge is 0.486 e. The Morgan fingerprint density at radius 1 is 1.23 bits per heavy atom. The van der Waals surface area contributed by atoms with Crippen LogP contribution in [0.1, 0.15) is 12.8 Å². The molecule has 0 radical (unpaired) electrons. The van der Waals surface area contributed by atoms with Crippen LogP contribution >= 0.6 is 11.6 Å². The number of guanidine groups is 1. The fourth-order valence-corrected chi connectivity index (χ4v) is 2.84. The fourth-order valence-electron chi connectivity index (χ4n) is 2.65.